The monoisotopic (exact) mass is 2040 g/mol. The first-order chi connectivity index (χ1) is 63.1. The van der Waals surface area contributed by atoms with Crippen LogP contribution in [0.25, 0.3) is 33.5 Å². The number of alkyl halides is 2. The average molecular weight is 2040 g/mol. The van der Waals surface area contributed by atoms with E-state index in [-0.39, 0.29) is 123 Å². The van der Waals surface area contributed by atoms with E-state index in [9.17, 15) is 86.8 Å². The van der Waals surface area contributed by atoms with Crippen molar-refractivity contribution < 1.29 is 164 Å². The Balaban J connectivity index is 0.000000129. The number of aromatic nitrogens is 18. The largest absolute Gasteiger partial charge is 0.756 e. The van der Waals surface area contributed by atoms with Crippen molar-refractivity contribution in [1.29, 1.82) is 0 Å². The molecule has 9 saturated heterocycles. The first-order valence-electron chi connectivity index (χ1n) is 39.0. The normalized spacial score (nSPS) is 38.6. The molecule has 59 nitrogen and oxygen atoms in total. The number of Topliss-reactive ketones (excluding diaryl/α,β-unsaturated/α-hetero) is 3. The van der Waals surface area contributed by atoms with Crippen LogP contribution in [0.1, 0.15) is 94.5 Å². The van der Waals surface area contributed by atoms with Gasteiger partial charge < -0.3 is 103 Å². The second-order valence-corrected chi connectivity index (χ2v) is 43.2. The summed E-state index contributed by atoms with van der Waals surface area (Å²) in [7, 11) is -15.1. The first-order valence-corrected chi connectivity index (χ1v) is 51.4. The predicted molar refractivity (Wildman–Crippen MR) is 439 cm³/mol. The Morgan fingerprint density at radius 3 is 1.41 bits per heavy atom. The minimum atomic E-state index is -5.32. The second kappa shape index (κ2) is 35.9. The van der Waals surface area contributed by atoms with Gasteiger partial charge in [0.25, 0.3) is 24.5 Å². The molecule has 14 N–H and O–H groups in total. The number of hydrogen-bond acceptors (Lipinski definition) is 48. The van der Waals surface area contributed by atoms with Crippen LogP contribution in [0.5, 0.6) is 0 Å². The molecule has 29 atom stereocenters. The predicted octanol–water partition coefficient (Wildman–Crippen LogP) is -0.795. The zero-order valence-electron chi connectivity index (χ0n) is 66.5. The van der Waals surface area contributed by atoms with E-state index in [1.165, 1.54) is 55.9 Å². The van der Waals surface area contributed by atoms with Crippen LogP contribution in [0.3, 0.4) is 0 Å². The summed E-state index contributed by atoms with van der Waals surface area (Å²) >= 11 is 14.2. The molecule has 0 aromatic carbocycles. The lowest BCUT2D eigenvalue weighted by Crippen LogP contribution is -2.37. The Kier molecular flexibility index (Phi) is 25.3. The van der Waals surface area contributed by atoms with Gasteiger partial charge in [-0.15, -0.1) is 0 Å². The number of anilines is 2. The van der Waals surface area contributed by atoms with Crippen LogP contribution < -0.4 is 33.0 Å². The maximum Gasteiger partial charge on any atom is 0.472 e. The number of carbonyl (C=O) groups excluding carboxylic acids is 3. The molecule has 21 rings (SSSR count). The van der Waals surface area contributed by atoms with Crippen molar-refractivity contribution in [3.8, 4) is 0 Å². The molecule has 7 unspecified atom stereocenters. The molecular weight excluding hydrogens is 1970 g/mol. The van der Waals surface area contributed by atoms with Crippen LogP contribution in [-0.2, 0) is 125 Å². The lowest BCUT2D eigenvalue weighted by atomic mass is 10.1. The summed E-state index contributed by atoms with van der Waals surface area (Å²) in [5.74, 6) is -1.30. The molecule has 0 saturated carbocycles. The standard InChI is InChI=1S/C21H22F2N8O10P2S2.C21H24N8O13P2S.C21H23N7O13P2/c22-10-8-3-36-42(34,44)40-14-9(39-19(11(14)23)30-5-26-12-7(32)1-2-25-16(12)30)4-37-43(35,45)41-15(10)20(38-8)31-6-27-13-17(31)28-21(24)29-18(13)33;22-21-26-17-11(18(33)27-21)25-6-29(17)20-15-12(31)8(39-20)3-38-44(36,45)42-14-9(4-37-43(34,35)41-15)40-19(13(14)32)28-5-24-10-7(30)1-2-23-16(10)28;29-10-1-2-22-17-13(10)25-7-28(17)21-15(30)16-12(39-21)5-37-42(32,33)40-11-3-9(4-36-43(34,35)41-16)38-20(11)27-8-26-14-18(27)23-6-24-19(14)31/h2,5-6,8-11,14-15,19-20H,1,3-4H2,(H,34,44)(H,35,45)(H3,24,28,29,33);2,5-6,8-9,12-15,19-20,31-32H,1,3-4H2,(H,34,35)(H,36,45)(H3,22,26,27,33);2,6-9,11-12,15-16,20-21,30H,1,3-5H2,(H,32,33)(H,34,35)(H,23,24,31)/p-1/t8-,9-,10-,11-,14-,15-,19-,20-,42?,43?;8-,9-,12-,13-,14-,15?,19-,20-,44?;9-,11+,12+,15+,16+,20+,21+/m110/s1. The van der Waals surface area contributed by atoms with Crippen LogP contribution in [0.2, 0.25) is 0 Å². The SMILES string of the molecule is Nc1nc2c(ncn2[C@@H]2O[C@@H]3COP(O)(=S)O[C@H]4[C@@H](F)[C@H](n5cnc6c5N=CCC6=O)O[C@@H]4COP(=O)(S)O[C@@H]2[C@@H]3F)c(=O)[nH]1.Nc1nc2c(ncn2[C@@H]2O[C@@H]3COP(O)(=S)O[C@H]4[C@@H](O)[C@H](n5cnc6c5N=CCC6=O)O[C@@H]4COP(=O)([O-])OC2[C@@H]3O)c(=O)[nH]1.O=C1CC=Nc2c1ncn2[C@@H]1O[C@@H]2COP(=O)(O)O[C@@H]3C[C@@H](COP(=O)(O)O[C@H]2[C@H]1O)O[C@H]3n1cnc2c(=O)[nH]cnc21. The summed E-state index contributed by atoms with van der Waals surface area (Å²) in [6, 6.07) is 0. The number of ketones is 3. The number of nitrogens with two attached hydrogens (primary N) is 2. The van der Waals surface area contributed by atoms with E-state index in [4.69, 9.17) is 118 Å². The van der Waals surface area contributed by atoms with Gasteiger partial charge in [0.15, 0.2) is 135 Å². The number of H-pyrrole nitrogens is 3. The minimum Gasteiger partial charge on any atom is -0.756 e. The number of thiol groups is 1. The third-order valence-electron chi connectivity index (χ3n) is 22.1. The molecule has 6 bridgehead atoms. The molecule has 133 heavy (non-hydrogen) atoms. The van der Waals surface area contributed by atoms with E-state index in [1.807, 2.05) is 0 Å². The molecule has 12 aliphatic heterocycles. The van der Waals surface area contributed by atoms with E-state index in [1.54, 1.807) is 0 Å². The van der Waals surface area contributed by atoms with Crippen LogP contribution in [0.4, 0.5) is 38.1 Å². The van der Waals surface area contributed by atoms with Crippen molar-refractivity contribution in [3.05, 3.63) is 92.4 Å². The fourth-order valence-corrected chi connectivity index (χ4v) is 23.3. The van der Waals surface area contributed by atoms with Gasteiger partial charge in [0.1, 0.15) is 85.5 Å². The Hall–Kier alpha value is -8.31. The van der Waals surface area contributed by atoms with Gasteiger partial charge in [-0.1, -0.05) is 12.2 Å². The van der Waals surface area contributed by atoms with Crippen molar-refractivity contribution in [2.75, 3.05) is 51.1 Å². The maximum atomic E-state index is 16.0. The topological polar surface area (TPSA) is 784 Å². The van der Waals surface area contributed by atoms with Crippen LogP contribution in [0.15, 0.2) is 73.7 Å². The Labute approximate surface area is 751 Å². The van der Waals surface area contributed by atoms with E-state index in [2.05, 4.69) is 87.0 Å². The highest BCUT2D eigenvalue weighted by Gasteiger charge is 2.58. The Morgan fingerprint density at radius 2 is 0.857 bits per heavy atom. The Morgan fingerprint density at radius 1 is 0.429 bits per heavy atom. The highest BCUT2D eigenvalue weighted by molar-refractivity contribution is 8.44. The molecule has 21 heterocycles. The van der Waals surface area contributed by atoms with Crippen molar-refractivity contribution in [1.82, 2.24) is 87.2 Å². The van der Waals surface area contributed by atoms with E-state index in [0.29, 0.717) is 0 Å². The summed E-state index contributed by atoms with van der Waals surface area (Å²) in [5, 5.41) is 33.3. The summed E-state index contributed by atoms with van der Waals surface area (Å²) in [6.45, 7) is -17.3. The number of nitrogen functional groups attached to an aromatic ring is 2. The lowest BCUT2D eigenvalue weighted by Gasteiger charge is -2.31. The zero-order valence-corrected chi connectivity index (χ0v) is 74.4. The van der Waals surface area contributed by atoms with Gasteiger partial charge >= 0.3 is 35.9 Å². The smallest absolute Gasteiger partial charge is 0.472 e. The van der Waals surface area contributed by atoms with Crippen molar-refractivity contribution in [2.45, 2.75) is 167 Å². The minimum absolute atomic E-state index is 0.00967. The number of aliphatic hydroxyl groups is 3. The van der Waals surface area contributed by atoms with Crippen LogP contribution >= 0.6 is 56.0 Å². The fourth-order valence-electron chi connectivity index (χ4n) is 16.1. The summed E-state index contributed by atoms with van der Waals surface area (Å²) in [5.41, 5.74) is 9.03. The molecule has 0 radical (unpaired) electrons. The van der Waals surface area contributed by atoms with E-state index in [0.717, 1.165) is 34.4 Å². The van der Waals surface area contributed by atoms with Crippen molar-refractivity contribution in [3.63, 3.8) is 0 Å². The van der Waals surface area contributed by atoms with Gasteiger partial charge in [-0.05, 0) is 23.6 Å². The number of ether oxygens (including phenoxy) is 6. The van der Waals surface area contributed by atoms with Crippen LogP contribution in [0, 0.1) is 0 Å². The molecule has 714 valence electrons. The molecule has 0 amide bonds. The van der Waals surface area contributed by atoms with Gasteiger partial charge in [-0.25, -0.2) is 72.3 Å². The zero-order chi connectivity index (χ0) is 93.8. The number of hydrogen-bond donors (Lipinski definition) is 13. The molecular formula is C63H68F2N23O36P6S3-. The second-order valence-electron chi connectivity index (χ2n) is 30.5. The van der Waals surface area contributed by atoms with E-state index < -0.39 is 241 Å². The first kappa shape index (κ1) is 93.7. The van der Waals surface area contributed by atoms with Crippen LogP contribution in [-0.4, -0.2) is 302 Å². The number of phosphoric acid groups is 3. The number of nitrogens with zero attached hydrogens (tertiary/aromatic N) is 18. The van der Waals surface area contributed by atoms with Gasteiger partial charge in [-0.3, -0.25) is 107 Å². The number of imidazole rings is 6. The van der Waals surface area contributed by atoms with Gasteiger partial charge in [0.2, 0.25) is 11.9 Å². The highest BCUT2D eigenvalue weighted by Crippen LogP contribution is 2.61. The number of nitrogens with one attached hydrogen (secondary N) is 3. The molecule has 0 spiro atoms. The molecule has 0 aliphatic carbocycles. The van der Waals surface area contributed by atoms with Gasteiger partial charge in [0.05, 0.1) is 90.0 Å². The number of rotatable bonds is 6. The van der Waals surface area contributed by atoms with Gasteiger partial charge in [0, 0.05) is 44.3 Å². The number of aromatic amines is 3. The third-order valence-corrected chi connectivity index (χ3v) is 29.8. The fraction of sp³-hybridized carbons (Fsp3) is 0.524. The van der Waals surface area contributed by atoms with Crippen molar-refractivity contribution >= 4 is 178 Å². The molecule has 12 aliphatic rings. The third kappa shape index (κ3) is 18.4. The number of fused-ring (bicyclic) bond motifs is 15. The summed E-state index contributed by atoms with van der Waals surface area (Å²) < 4.78 is 191. The lowest BCUT2D eigenvalue weighted by molar-refractivity contribution is -0.237. The molecule has 9 aromatic rings. The van der Waals surface area contributed by atoms with Crippen molar-refractivity contribution in [2.24, 2.45) is 15.0 Å². The number of aliphatic imine (C=N–C) groups is 3. The Bertz CT molecular complexity index is 6500. The van der Waals surface area contributed by atoms with E-state index >= 15 is 8.78 Å². The molecule has 9 fully saturated rings. The number of carbonyl (C=O) groups is 3. The quantitative estimate of drug-likeness (QED) is 0.0716. The molecule has 9 aromatic heterocycles. The summed E-state index contributed by atoms with van der Waals surface area (Å²) in [4.78, 5) is 185. The molecule has 70 heteroatoms. The number of aliphatic hydroxyl groups excluding tert-OH is 3. The summed E-state index contributed by atoms with van der Waals surface area (Å²) in [6.07, 6.45) is -22.8. The number of halogens is 2. The van der Waals surface area contributed by atoms with Gasteiger partial charge in [-0.2, -0.15) is 9.97 Å². The highest BCUT2D eigenvalue weighted by atomic mass is 32.7. The number of phosphoric ester groups is 3. The average Bonchev–Trinajstić information content (AvgIpc) is 1.61. The maximum absolute atomic E-state index is 16.0.